The molecule has 0 aromatic heterocycles. The lowest BCUT2D eigenvalue weighted by atomic mass is 10.2. The van der Waals surface area contributed by atoms with E-state index in [2.05, 4.69) is 4.74 Å². The van der Waals surface area contributed by atoms with Crippen LogP contribution in [0.3, 0.4) is 0 Å². The zero-order valence-electron chi connectivity index (χ0n) is 10.1. The molecule has 0 heterocycles. The fourth-order valence-corrected chi connectivity index (χ4v) is 2.39. The molecule has 1 aromatic rings. The van der Waals surface area contributed by atoms with E-state index in [1.165, 1.54) is 12.1 Å². The summed E-state index contributed by atoms with van der Waals surface area (Å²) in [5.41, 5.74) is 5.58. The molecule has 0 bridgehead atoms. The molecule has 1 unspecified atom stereocenters. The van der Waals surface area contributed by atoms with Gasteiger partial charge in [-0.2, -0.15) is 21.6 Å². The van der Waals surface area contributed by atoms with Crippen molar-refractivity contribution in [2.24, 2.45) is 0 Å². The summed E-state index contributed by atoms with van der Waals surface area (Å²) < 4.78 is 71.9. The van der Waals surface area contributed by atoms with Crippen molar-refractivity contribution in [1.29, 1.82) is 0 Å². The Morgan fingerprint density at radius 3 is 2.43 bits per heavy atom. The van der Waals surface area contributed by atoms with Gasteiger partial charge in [-0.05, 0) is 40.8 Å². The molecule has 118 valence electrons. The maximum atomic E-state index is 12.6. The second kappa shape index (κ2) is 6.36. The maximum absolute atomic E-state index is 12.6. The summed E-state index contributed by atoms with van der Waals surface area (Å²) in [5.74, 6) is -3.15. The van der Waals surface area contributed by atoms with Crippen molar-refractivity contribution in [3.63, 3.8) is 0 Å². The molecular weight excluding hydrogens is 430 g/mol. The molecule has 1 atom stereocenters. The van der Waals surface area contributed by atoms with Crippen molar-refractivity contribution in [1.82, 2.24) is 0 Å². The van der Waals surface area contributed by atoms with Gasteiger partial charge >= 0.3 is 12.1 Å². The van der Waals surface area contributed by atoms with Crippen LogP contribution in [0.25, 0.3) is 0 Å². The minimum atomic E-state index is -5.13. The monoisotopic (exact) mass is 439 g/mol. The van der Waals surface area contributed by atoms with Gasteiger partial charge in [-0.1, -0.05) is 0 Å². The maximum Gasteiger partial charge on any atom is 0.426 e. The first-order valence-electron chi connectivity index (χ1n) is 5.18. The van der Waals surface area contributed by atoms with Crippen molar-refractivity contribution in [3.05, 3.63) is 27.3 Å². The predicted molar refractivity (Wildman–Crippen MR) is 75.2 cm³/mol. The number of esters is 1. The second-order valence-electron chi connectivity index (χ2n) is 3.92. The summed E-state index contributed by atoms with van der Waals surface area (Å²) in [6.07, 6.45) is -8.10. The highest BCUT2D eigenvalue weighted by Crippen LogP contribution is 2.25. The Morgan fingerprint density at radius 1 is 1.43 bits per heavy atom. The highest BCUT2D eigenvalue weighted by Gasteiger charge is 2.45. The first kappa shape index (κ1) is 18.0. The molecule has 0 amide bonds. The van der Waals surface area contributed by atoms with E-state index >= 15 is 0 Å². The standard InChI is InChI=1S/C10H9F3INO5S/c11-10(12,13)8(4-21(17,18)19)20-9(16)5-1-2-7(15)6(14)3-5/h1-3,8H,4,15H2,(H,17,18,19). The zero-order chi connectivity index (χ0) is 16.4. The molecule has 0 spiro atoms. The lowest BCUT2D eigenvalue weighted by Crippen LogP contribution is -2.39. The van der Waals surface area contributed by atoms with Crippen LogP contribution in [0.4, 0.5) is 18.9 Å². The summed E-state index contributed by atoms with van der Waals surface area (Å²) in [6, 6.07) is 3.63. The van der Waals surface area contributed by atoms with Crippen LogP contribution >= 0.6 is 22.6 Å². The average molecular weight is 439 g/mol. The van der Waals surface area contributed by atoms with E-state index in [1.807, 2.05) is 0 Å². The van der Waals surface area contributed by atoms with Crippen molar-refractivity contribution in [2.75, 3.05) is 11.5 Å². The van der Waals surface area contributed by atoms with E-state index < -0.39 is 34.1 Å². The molecule has 6 nitrogen and oxygen atoms in total. The summed E-state index contributed by atoms with van der Waals surface area (Å²) in [5, 5.41) is 0. The van der Waals surface area contributed by atoms with Crippen molar-refractivity contribution < 1.29 is 35.7 Å². The molecule has 0 aliphatic carbocycles. The Labute approximate surface area is 131 Å². The number of hydrogen-bond donors (Lipinski definition) is 2. The Morgan fingerprint density at radius 2 is 2.00 bits per heavy atom. The number of nitrogens with two attached hydrogens (primary N) is 1. The number of carbonyl (C=O) groups is 1. The minimum Gasteiger partial charge on any atom is -0.448 e. The van der Waals surface area contributed by atoms with Crippen LogP contribution in [0.2, 0.25) is 0 Å². The van der Waals surface area contributed by atoms with Crippen LogP contribution in [-0.2, 0) is 14.9 Å². The largest absolute Gasteiger partial charge is 0.448 e. The fraction of sp³-hybridized carbons (Fsp3) is 0.300. The van der Waals surface area contributed by atoms with Gasteiger partial charge in [0.1, 0.15) is 5.75 Å². The lowest BCUT2D eigenvalue weighted by Gasteiger charge is -2.19. The molecular formula is C10H9F3INO5S. The second-order valence-corrected chi connectivity index (χ2v) is 6.58. The third kappa shape index (κ3) is 5.67. The summed E-state index contributed by atoms with van der Waals surface area (Å²) in [4.78, 5) is 11.6. The van der Waals surface area contributed by atoms with Crippen LogP contribution in [0.1, 0.15) is 10.4 Å². The third-order valence-electron chi connectivity index (χ3n) is 2.21. The Kier molecular flexibility index (Phi) is 5.44. The molecule has 0 fully saturated rings. The number of halogens is 4. The van der Waals surface area contributed by atoms with Gasteiger partial charge in [0.25, 0.3) is 10.1 Å². The van der Waals surface area contributed by atoms with Gasteiger partial charge < -0.3 is 10.5 Å². The number of ether oxygens (including phenoxy) is 1. The van der Waals surface area contributed by atoms with Crippen molar-refractivity contribution in [2.45, 2.75) is 12.3 Å². The third-order valence-corrected chi connectivity index (χ3v) is 3.87. The minimum absolute atomic E-state index is 0.224. The number of benzene rings is 1. The molecule has 0 saturated carbocycles. The van der Waals surface area contributed by atoms with E-state index in [0.717, 1.165) is 6.07 Å². The number of carbonyl (C=O) groups excluding carboxylic acids is 1. The molecule has 11 heteroatoms. The fourth-order valence-electron chi connectivity index (χ4n) is 1.24. The number of nitrogen functional groups attached to an aromatic ring is 1. The van der Waals surface area contributed by atoms with Crippen molar-refractivity contribution in [3.8, 4) is 0 Å². The number of alkyl halides is 3. The zero-order valence-corrected chi connectivity index (χ0v) is 13.1. The van der Waals surface area contributed by atoms with Crippen LogP contribution in [0.15, 0.2) is 18.2 Å². The quantitative estimate of drug-likeness (QED) is 0.321. The molecule has 0 aliphatic heterocycles. The highest BCUT2D eigenvalue weighted by atomic mass is 127. The van der Waals surface area contributed by atoms with Crippen LogP contribution < -0.4 is 5.73 Å². The summed E-state index contributed by atoms with van der Waals surface area (Å²) in [6.45, 7) is 0. The first-order chi connectivity index (χ1) is 9.40. The average Bonchev–Trinajstić information content (AvgIpc) is 2.28. The number of rotatable bonds is 4. The summed E-state index contributed by atoms with van der Waals surface area (Å²) in [7, 11) is -4.97. The van der Waals surface area contributed by atoms with Gasteiger partial charge in [0.05, 0.1) is 5.56 Å². The molecule has 21 heavy (non-hydrogen) atoms. The first-order valence-corrected chi connectivity index (χ1v) is 7.87. The van der Waals surface area contributed by atoms with Gasteiger partial charge in [0.15, 0.2) is 0 Å². The van der Waals surface area contributed by atoms with E-state index in [4.69, 9.17) is 10.3 Å². The van der Waals surface area contributed by atoms with Crippen LogP contribution in [0, 0.1) is 3.57 Å². The Bertz CT molecular complexity index is 647. The molecule has 1 aromatic carbocycles. The number of hydrogen-bond acceptors (Lipinski definition) is 5. The van der Waals surface area contributed by atoms with E-state index in [9.17, 15) is 26.4 Å². The highest BCUT2D eigenvalue weighted by molar-refractivity contribution is 14.1. The van der Waals surface area contributed by atoms with Crippen molar-refractivity contribution >= 4 is 44.4 Å². The van der Waals surface area contributed by atoms with Gasteiger partial charge in [-0.25, -0.2) is 4.79 Å². The van der Waals surface area contributed by atoms with Crippen LogP contribution in [0.5, 0.6) is 0 Å². The lowest BCUT2D eigenvalue weighted by molar-refractivity contribution is -0.197. The van der Waals surface area contributed by atoms with Gasteiger partial charge in [0.2, 0.25) is 6.10 Å². The van der Waals surface area contributed by atoms with Gasteiger partial charge in [-0.15, -0.1) is 0 Å². The van der Waals surface area contributed by atoms with Crippen LogP contribution in [-0.4, -0.2) is 37.0 Å². The normalized spacial score (nSPS) is 13.8. The Hall–Kier alpha value is -1.08. The topological polar surface area (TPSA) is 107 Å². The molecule has 1 rings (SSSR count). The smallest absolute Gasteiger partial charge is 0.426 e. The van der Waals surface area contributed by atoms with E-state index in [0.29, 0.717) is 9.26 Å². The van der Waals surface area contributed by atoms with E-state index in [-0.39, 0.29) is 5.56 Å². The van der Waals surface area contributed by atoms with Gasteiger partial charge in [0, 0.05) is 9.26 Å². The molecule has 0 saturated heterocycles. The van der Waals surface area contributed by atoms with E-state index in [1.54, 1.807) is 22.6 Å². The Balaban J connectivity index is 2.98. The number of anilines is 1. The summed E-state index contributed by atoms with van der Waals surface area (Å²) >= 11 is 1.76. The SMILES string of the molecule is Nc1ccc(C(=O)OC(CS(=O)(=O)O)C(F)(F)F)cc1I. The molecule has 3 N–H and O–H groups in total. The van der Waals surface area contributed by atoms with Gasteiger partial charge in [-0.3, -0.25) is 4.55 Å². The molecule has 0 radical (unpaired) electrons. The molecule has 0 aliphatic rings. The predicted octanol–water partition coefficient (Wildman–Crippen LogP) is 1.85.